The molecule has 0 aliphatic heterocycles. The van der Waals surface area contributed by atoms with Crippen LogP contribution >= 0.6 is 0 Å². The fourth-order valence-electron chi connectivity index (χ4n) is 4.12. The van der Waals surface area contributed by atoms with E-state index in [4.69, 9.17) is 9.47 Å². The van der Waals surface area contributed by atoms with Crippen LogP contribution in [0.25, 0.3) is 16.5 Å². The van der Waals surface area contributed by atoms with Crippen molar-refractivity contribution in [2.24, 2.45) is 0 Å². The average molecular weight is 472 g/mol. The Morgan fingerprint density at radius 2 is 1.71 bits per heavy atom. The Bertz CT molecular complexity index is 1340. The first kappa shape index (κ1) is 24.0. The molecule has 0 aliphatic rings. The van der Waals surface area contributed by atoms with E-state index in [0.29, 0.717) is 31.6 Å². The van der Waals surface area contributed by atoms with E-state index in [0.717, 1.165) is 39.2 Å². The van der Waals surface area contributed by atoms with Crippen molar-refractivity contribution >= 4 is 22.6 Å². The van der Waals surface area contributed by atoms with Crippen LogP contribution in [-0.4, -0.2) is 41.9 Å². The predicted octanol–water partition coefficient (Wildman–Crippen LogP) is 4.56. The number of hydrogen-bond donors (Lipinski definition) is 1. The van der Waals surface area contributed by atoms with Gasteiger partial charge in [0.25, 0.3) is 5.91 Å². The lowest BCUT2D eigenvalue weighted by atomic mass is 10.1. The Morgan fingerprint density at radius 1 is 0.971 bits per heavy atom. The summed E-state index contributed by atoms with van der Waals surface area (Å²) in [5, 5.41) is 9.69. The topological polar surface area (TPSA) is 82.5 Å². The van der Waals surface area contributed by atoms with Crippen LogP contribution in [0.2, 0.25) is 0 Å². The van der Waals surface area contributed by atoms with Crippen molar-refractivity contribution < 1.29 is 19.1 Å². The predicted molar refractivity (Wildman–Crippen MR) is 135 cm³/mol. The molecule has 1 heterocycles. The van der Waals surface area contributed by atoms with Gasteiger partial charge in [0.05, 0.1) is 25.0 Å². The van der Waals surface area contributed by atoms with E-state index in [9.17, 15) is 9.59 Å². The maximum atomic E-state index is 12.6. The van der Waals surface area contributed by atoms with Gasteiger partial charge < -0.3 is 14.8 Å². The fourth-order valence-corrected chi connectivity index (χ4v) is 4.12. The number of fused-ring (bicyclic) bond motifs is 1. The zero-order valence-corrected chi connectivity index (χ0v) is 20.2. The van der Waals surface area contributed by atoms with Gasteiger partial charge in [-0.2, -0.15) is 5.10 Å². The molecule has 0 spiro atoms. The van der Waals surface area contributed by atoms with E-state index >= 15 is 0 Å². The van der Waals surface area contributed by atoms with E-state index in [-0.39, 0.29) is 11.9 Å². The quantitative estimate of drug-likeness (QED) is 0.286. The van der Waals surface area contributed by atoms with Gasteiger partial charge in [-0.15, -0.1) is 0 Å². The molecule has 0 fully saturated rings. The number of amides is 1. The number of rotatable bonds is 9. The van der Waals surface area contributed by atoms with Gasteiger partial charge in [0.2, 0.25) is 0 Å². The molecule has 35 heavy (non-hydrogen) atoms. The first-order valence-corrected chi connectivity index (χ1v) is 11.6. The third-order valence-electron chi connectivity index (χ3n) is 6.02. The van der Waals surface area contributed by atoms with Crippen molar-refractivity contribution in [1.82, 2.24) is 15.1 Å². The largest absolute Gasteiger partial charge is 0.491 e. The maximum absolute atomic E-state index is 12.6. The summed E-state index contributed by atoms with van der Waals surface area (Å²) in [4.78, 5) is 24.1. The van der Waals surface area contributed by atoms with E-state index < -0.39 is 0 Å². The number of carbonyl (C=O) groups is 2. The number of methoxy groups -OCH3 is 1. The molecule has 4 aromatic rings. The van der Waals surface area contributed by atoms with Gasteiger partial charge in [-0.3, -0.25) is 9.59 Å². The van der Waals surface area contributed by atoms with E-state index in [2.05, 4.69) is 10.4 Å². The fraction of sp³-hybridized carbons (Fsp3) is 0.250. The lowest BCUT2D eigenvalue weighted by Crippen LogP contribution is -2.28. The van der Waals surface area contributed by atoms with Crippen LogP contribution in [-0.2, 0) is 16.0 Å². The number of ether oxygens (including phenoxy) is 2. The van der Waals surface area contributed by atoms with Crippen LogP contribution in [0.3, 0.4) is 0 Å². The van der Waals surface area contributed by atoms with Gasteiger partial charge in [0.15, 0.2) is 0 Å². The second kappa shape index (κ2) is 10.9. The lowest BCUT2D eigenvalue weighted by molar-refractivity contribution is -0.140. The molecule has 0 saturated carbocycles. The third-order valence-corrected chi connectivity index (χ3v) is 6.02. The lowest BCUT2D eigenvalue weighted by Gasteiger charge is -2.11. The minimum absolute atomic E-state index is 0.162. The maximum Gasteiger partial charge on any atom is 0.305 e. The van der Waals surface area contributed by atoms with Crippen molar-refractivity contribution in [2.75, 3.05) is 20.3 Å². The summed E-state index contributed by atoms with van der Waals surface area (Å²) >= 11 is 0. The number of esters is 1. The van der Waals surface area contributed by atoms with Crippen LogP contribution in [0.5, 0.6) is 5.75 Å². The van der Waals surface area contributed by atoms with E-state index in [1.807, 2.05) is 73.1 Å². The molecule has 0 radical (unpaired) electrons. The zero-order chi connectivity index (χ0) is 24.8. The van der Waals surface area contributed by atoms with Gasteiger partial charge in [0, 0.05) is 23.1 Å². The number of nitrogens with zero attached hydrogens (tertiary/aromatic N) is 2. The SMILES string of the molecule is COC(=O)CCc1c(C)nn(-c2ccc(C(=O)NCCOc3cccc4ccccc34)cc2)c1C. The van der Waals surface area contributed by atoms with E-state index in [1.54, 1.807) is 12.1 Å². The van der Waals surface area contributed by atoms with Gasteiger partial charge in [-0.25, -0.2) is 4.68 Å². The normalized spacial score (nSPS) is 10.8. The molecular weight excluding hydrogens is 442 g/mol. The summed E-state index contributed by atoms with van der Waals surface area (Å²) in [7, 11) is 1.39. The smallest absolute Gasteiger partial charge is 0.305 e. The molecule has 1 aromatic heterocycles. The molecule has 4 rings (SSSR count). The molecule has 1 N–H and O–H groups in total. The molecule has 1 amide bonds. The number of benzene rings is 3. The van der Waals surface area contributed by atoms with Gasteiger partial charge in [-0.1, -0.05) is 36.4 Å². The number of aromatic nitrogens is 2. The molecule has 0 bridgehead atoms. The van der Waals surface area contributed by atoms with Gasteiger partial charge in [-0.05, 0) is 61.5 Å². The molecule has 0 unspecified atom stereocenters. The summed E-state index contributed by atoms with van der Waals surface area (Å²) in [6, 6.07) is 21.3. The van der Waals surface area contributed by atoms with Crippen LogP contribution in [0.1, 0.15) is 33.7 Å². The Labute approximate surface area is 204 Å². The van der Waals surface area contributed by atoms with Crippen molar-refractivity contribution in [3.8, 4) is 11.4 Å². The Balaban J connectivity index is 1.34. The Kier molecular flexibility index (Phi) is 7.45. The number of hydrogen-bond acceptors (Lipinski definition) is 5. The highest BCUT2D eigenvalue weighted by molar-refractivity contribution is 5.94. The third kappa shape index (κ3) is 5.51. The molecule has 7 heteroatoms. The van der Waals surface area contributed by atoms with Crippen LogP contribution in [0.15, 0.2) is 66.7 Å². The van der Waals surface area contributed by atoms with Crippen molar-refractivity contribution in [1.29, 1.82) is 0 Å². The second-order valence-corrected chi connectivity index (χ2v) is 8.27. The summed E-state index contributed by atoms with van der Waals surface area (Å²) < 4.78 is 12.5. The number of carbonyl (C=O) groups excluding carboxylic acids is 2. The molecule has 180 valence electrons. The standard InChI is InChI=1S/C28H29N3O4/c1-19-24(15-16-27(32)34-3)20(2)31(30-19)23-13-11-22(12-14-23)28(33)29-17-18-35-26-10-6-8-21-7-4-5-9-25(21)26/h4-14H,15-18H2,1-3H3,(H,29,33). The molecule has 0 aliphatic carbocycles. The number of aryl methyl sites for hydroxylation is 1. The monoisotopic (exact) mass is 471 g/mol. The molecule has 3 aromatic carbocycles. The van der Waals surface area contributed by atoms with Crippen LogP contribution < -0.4 is 10.1 Å². The first-order chi connectivity index (χ1) is 17.0. The van der Waals surface area contributed by atoms with E-state index in [1.165, 1.54) is 7.11 Å². The van der Waals surface area contributed by atoms with Crippen LogP contribution in [0.4, 0.5) is 0 Å². The first-order valence-electron chi connectivity index (χ1n) is 11.6. The summed E-state index contributed by atoms with van der Waals surface area (Å²) in [6.07, 6.45) is 0.888. The van der Waals surface area contributed by atoms with Gasteiger partial charge in [0.1, 0.15) is 12.4 Å². The minimum Gasteiger partial charge on any atom is -0.491 e. The highest BCUT2D eigenvalue weighted by Gasteiger charge is 2.15. The van der Waals surface area contributed by atoms with Gasteiger partial charge >= 0.3 is 5.97 Å². The summed E-state index contributed by atoms with van der Waals surface area (Å²) in [6.45, 7) is 4.67. The second-order valence-electron chi connectivity index (χ2n) is 8.27. The van der Waals surface area contributed by atoms with Crippen LogP contribution in [0, 0.1) is 13.8 Å². The zero-order valence-electron chi connectivity index (χ0n) is 20.2. The van der Waals surface area contributed by atoms with Crippen molar-refractivity contribution in [2.45, 2.75) is 26.7 Å². The molecule has 0 atom stereocenters. The highest BCUT2D eigenvalue weighted by Crippen LogP contribution is 2.25. The Morgan fingerprint density at radius 3 is 2.49 bits per heavy atom. The Hall–Kier alpha value is -4.13. The number of nitrogens with one attached hydrogen (secondary N) is 1. The average Bonchev–Trinajstić information content (AvgIpc) is 3.17. The van der Waals surface area contributed by atoms with Crippen molar-refractivity contribution in [3.63, 3.8) is 0 Å². The van der Waals surface area contributed by atoms with Crippen molar-refractivity contribution in [3.05, 3.63) is 89.2 Å². The molecular formula is C28H29N3O4. The minimum atomic E-state index is -0.241. The highest BCUT2D eigenvalue weighted by atomic mass is 16.5. The summed E-state index contributed by atoms with van der Waals surface area (Å²) in [5.74, 6) is 0.400. The molecule has 7 nitrogen and oxygen atoms in total. The molecule has 0 saturated heterocycles. The summed E-state index contributed by atoms with van der Waals surface area (Å²) in [5.41, 5.74) is 4.29.